The Kier molecular flexibility index (Phi) is 5.72. The van der Waals surface area contributed by atoms with Gasteiger partial charge < -0.3 is 9.15 Å². The molecule has 0 radical (unpaired) electrons. The molecule has 0 fully saturated rings. The minimum atomic E-state index is -0.443. The van der Waals surface area contributed by atoms with Crippen LogP contribution in [0.1, 0.15) is 26.5 Å². The minimum absolute atomic E-state index is 0.184. The van der Waals surface area contributed by atoms with Crippen LogP contribution in [0.15, 0.2) is 92.9 Å². The molecular weight excluding hydrogens is 448 g/mol. The summed E-state index contributed by atoms with van der Waals surface area (Å²) in [5.74, 6) is -0.292. The molecule has 1 N–H and O–H groups in total. The molecule has 0 spiro atoms. The molecule has 0 saturated heterocycles. The number of esters is 1. The topological polar surface area (TPSA) is 80.9 Å². The third kappa shape index (κ3) is 4.64. The first-order valence-corrected chi connectivity index (χ1v) is 9.77. The highest BCUT2D eigenvalue weighted by Gasteiger charge is 2.11. The standard InChI is InChI=1S/C23H15BrN2O4/c24-18-9-7-16(8-10-18)23(28)29-19-11-5-15(6-12-19)14-25-26-22(27)21-13-17-3-1-2-4-20(17)30-21/h1-14H,(H,26,27)/b25-14-. The van der Waals surface area contributed by atoms with Crippen molar-refractivity contribution in [1.29, 1.82) is 0 Å². The molecule has 0 aliphatic carbocycles. The second-order valence-corrected chi connectivity index (χ2v) is 7.23. The summed E-state index contributed by atoms with van der Waals surface area (Å²) in [6, 6.07) is 22.7. The van der Waals surface area contributed by atoms with Crippen molar-refractivity contribution in [3.8, 4) is 5.75 Å². The number of benzene rings is 3. The van der Waals surface area contributed by atoms with Gasteiger partial charge in [0, 0.05) is 9.86 Å². The Bertz CT molecular complexity index is 1200. The van der Waals surface area contributed by atoms with E-state index in [-0.39, 0.29) is 5.76 Å². The first-order valence-electron chi connectivity index (χ1n) is 8.98. The van der Waals surface area contributed by atoms with E-state index >= 15 is 0 Å². The van der Waals surface area contributed by atoms with E-state index in [1.54, 1.807) is 60.7 Å². The molecule has 6 nitrogen and oxygen atoms in total. The Hall–Kier alpha value is -3.71. The third-order valence-corrected chi connectivity index (χ3v) is 4.73. The number of nitrogens with zero attached hydrogens (tertiary/aromatic N) is 1. The summed E-state index contributed by atoms with van der Waals surface area (Å²) in [5.41, 5.74) is 4.25. The van der Waals surface area contributed by atoms with Gasteiger partial charge in [0.15, 0.2) is 5.76 Å². The summed E-state index contributed by atoms with van der Waals surface area (Å²) in [4.78, 5) is 24.3. The summed E-state index contributed by atoms with van der Waals surface area (Å²) in [6.45, 7) is 0. The number of halogens is 1. The summed E-state index contributed by atoms with van der Waals surface area (Å²) >= 11 is 3.32. The van der Waals surface area contributed by atoms with Crippen LogP contribution >= 0.6 is 15.9 Å². The molecule has 0 aliphatic rings. The molecule has 1 aromatic heterocycles. The molecule has 7 heteroatoms. The first kappa shape index (κ1) is 19.6. The lowest BCUT2D eigenvalue weighted by Crippen LogP contribution is -2.16. The Morgan fingerprint density at radius 1 is 0.967 bits per heavy atom. The zero-order valence-corrected chi connectivity index (χ0v) is 17.1. The van der Waals surface area contributed by atoms with Crippen LogP contribution in [0.5, 0.6) is 5.75 Å². The fourth-order valence-electron chi connectivity index (χ4n) is 2.69. The van der Waals surface area contributed by atoms with Gasteiger partial charge in [-0.25, -0.2) is 10.2 Å². The monoisotopic (exact) mass is 462 g/mol. The fourth-order valence-corrected chi connectivity index (χ4v) is 2.95. The molecule has 148 valence electrons. The van der Waals surface area contributed by atoms with Crippen LogP contribution in [0.25, 0.3) is 11.0 Å². The summed E-state index contributed by atoms with van der Waals surface area (Å²) < 4.78 is 11.7. The van der Waals surface area contributed by atoms with E-state index < -0.39 is 11.9 Å². The van der Waals surface area contributed by atoms with E-state index in [1.165, 1.54) is 6.21 Å². The van der Waals surface area contributed by atoms with Gasteiger partial charge in [-0.2, -0.15) is 5.10 Å². The average Bonchev–Trinajstić information content (AvgIpc) is 3.20. The van der Waals surface area contributed by atoms with Crippen molar-refractivity contribution in [2.75, 3.05) is 0 Å². The van der Waals surface area contributed by atoms with Gasteiger partial charge in [0.25, 0.3) is 0 Å². The molecule has 4 aromatic rings. The Morgan fingerprint density at radius 3 is 2.43 bits per heavy atom. The Labute approximate surface area is 180 Å². The highest BCUT2D eigenvalue weighted by molar-refractivity contribution is 9.10. The molecule has 30 heavy (non-hydrogen) atoms. The zero-order chi connectivity index (χ0) is 20.9. The van der Waals surface area contributed by atoms with E-state index in [2.05, 4.69) is 26.5 Å². The van der Waals surface area contributed by atoms with Gasteiger partial charge in [-0.15, -0.1) is 0 Å². The van der Waals surface area contributed by atoms with Gasteiger partial charge in [0.2, 0.25) is 0 Å². The Morgan fingerprint density at radius 2 is 1.70 bits per heavy atom. The number of nitrogens with one attached hydrogen (secondary N) is 1. The maximum absolute atomic E-state index is 12.2. The van der Waals surface area contributed by atoms with Gasteiger partial charge in [-0.3, -0.25) is 4.79 Å². The van der Waals surface area contributed by atoms with Crippen LogP contribution < -0.4 is 10.2 Å². The zero-order valence-electron chi connectivity index (χ0n) is 15.5. The van der Waals surface area contributed by atoms with Crippen molar-refractivity contribution in [3.63, 3.8) is 0 Å². The fraction of sp³-hybridized carbons (Fsp3) is 0. The van der Waals surface area contributed by atoms with Gasteiger partial charge in [-0.05, 0) is 66.2 Å². The van der Waals surface area contributed by atoms with E-state index in [0.29, 0.717) is 16.9 Å². The number of carbonyl (C=O) groups excluding carboxylic acids is 2. The number of para-hydroxylation sites is 1. The lowest BCUT2D eigenvalue weighted by Gasteiger charge is -2.04. The van der Waals surface area contributed by atoms with Crippen LogP contribution in [0.2, 0.25) is 0 Å². The predicted molar refractivity (Wildman–Crippen MR) is 117 cm³/mol. The van der Waals surface area contributed by atoms with Crippen LogP contribution in [0.4, 0.5) is 0 Å². The number of fused-ring (bicyclic) bond motifs is 1. The van der Waals surface area contributed by atoms with Gasteiger partial charge in [-0.1, -0.05) is 34.1 Å². The molecule has 0 atom stereocenters. The molecule has 0 unspecified atom stereocenters. The summed E-state index contributed by atoms with van der Waals surface area (Å²) in [7, 11) is 0. The first-order chi connectivity index (χ1) is 14.6. The lowest BCUT2D eigenvalue weighted by atomic mass is 10.2. The second-order valence-electron chi connectivity index (χ2n) is 6.31. The molecule has 0 aliphatic heterocycles. The quantitative estimate of drug-likeness (QED) is 0.192. The van der Waals surface area contributed by atoms with Crippen molar-refractivity contribution < 1.29 is 18.7 Å². The average molecular weight is 463 g/mol. The molecular formula is C23H15BrN2O4. The van der Waals surface area contributed by atoms with E-state index in [0.717, 1.165) is 15.4 Å². The van der Waals surface area contributed by atoms with Crippen LogP contribution in [-0.2, 0) is 0 Å². The molecule has 0 saturated carbocycles. The largest absolute Gasteiger partial charge is 0.451 e. The highest BCUT2D eigenvalue weighted by Crippen LogP contribution is 2.19. The number of hydrogen-bond acceptors (Lipinski definition) is 5. The molecule has 4 rings (SSSR count). The maximum atomic E-state index is 12.2. The number of ether oxygens (including phenoxy) is 1. The van der Waals surface area contributed by atoms with Crippen LogP contribution in [0, 0.1) is 0 Å². The number of amides is 1. The van der Waals surface area contributed by atoms with Crippen LogP contribution in [0.3, 0.4) is 0 Å². The number of carbonyl (C=O) groups is 2. The van der Waals surface area contributed by atoms with Crippen molar-refractivity contribution >= 4 is 45.0 Å². The van der Waals surface area contributed by atoms with Crippen molar-refractivity contribution in [2.24, 2.45) is 5.10 Å². The molecule has 3 aromatic carbocycles. The number of hydrazone groups is 1. The van der Waals surface area contributed by atoms with Gasteiger partial charge >= 0.3 is 11.9 Å². The van der Waals surface area contributed by atoms with E-state index in [1.807, 2.05) is 18.2 Å². The number of hydrogen-bond donors (Lipinski definition) is 1. The molecule has 1 amide bonds. The van der Waals surface area contributed by atoms with Crippen LogP contribution in [-0.4, -0.2) is 18.1 Å². The SMILES string of the molecule is O=C(Oc1ccc(/C=N\NC(=O)c2cc3ccccc3o2)cc1)c1ccc(Br)cc1. The normalized spacial score (nSPS) is 11.0. The third-order valence-electron chi connectivity index (χ3n) is 4.20. The highest BCUT2D eigenvalue weighted by atomic mass is 79.9. The summed E-state index contributed by atoms with van der Waals surface area (Å²) in [6.07, 6.45) is 1.49. The maximum Gasteiger partial charge on any atom is 0.343 e. The summed E-state index contributed by atoms with van der Waals surface area (Å²) in [5, 5.41) is 4.78. The molecule has 1 heterocycles. The second kappa shape index (κ2) is 8.75. The van der Waals surface area contributed by atoms with Crippen molar-refractivity contribution in [2.45, 2.75) is 0 Å². The number of rotatable bonds is 5. The molecule has 0 bridgehead atoms. The van der Waals surface area contributed by atoms with Gasteiger partial charge in [0.05, 0.1) is 11.8 Å². The number of furan rings is 1. The van der Waals surface area contributed by atoms with Gasteiger partial charge in [0.1, 0.15) is 11.3 Å². The van der Waals surface area contributed by atoms with Crippen molar-refractivity contribution in [3.05, 3.63) is 100 Å². The van der Waals surface area contributed by atoms with E-state index in [9.17, 15) is 9.59 Å². The predicted octanol–water partition coefficient (Wildman–Crippen LogP) is 5.18. The Balaban J connectivity index is 1.34. The smallest absolute Gasteiger partial charge is 0.343 e. The van der Waals surface area contributed by atoms with Crippen molar-refractivity contribution in [1.82, 2.24) is 5.43 Å². The van der Waals surface area contributed by atoms with E-state index in [4.69, 9.17) is 9.15 Å². The lowest BCUT2D eigenvalue weighted by molar-refractivity contribution is 0.0734. The minimum Gasteiger partial charge on any atom is -0.451 e.